The highest BCUT2D eigenvalue weighted by atomic mass is 79.9. The number of hydrogen-bond acceptors (Lipinski definition) is 3. The number of benzene rings is 2. The minimum absolute atomic E-state index is 0.285. The van der Waals surface area contributed by atoms with E-state index < -0.39 is 0 Å². The molecule has 0 saturated carbocycles. The molecule has 0 spiro atoms. The van der Waals surface area contributed by atoms with E-state index >= 15 is 0 Å². The third-order valence-corrected chi connectivity index (χ3v) is 3.68. The van der Waals surface area contributed by atoms with Crippen LogP contribution >= 0.6 is 28.1 Å². The Morgan fingerprint density at radius 3 is 2.73 bits per heavy atom. The summed E-state index contributed by atoms with van der Waals surface area (Å²) in [6, 6.07) is 13.7. The highest BCUT2D eigenvalue weighted by Crippen LogP contribution is 2.21. The van der Waals surface area contributed by atoms with Crippen molar-refractivity contribution in [2.24, 2.45) is 5.10 Å². The summed E-state index contributed by atoms with van der Waals surface area (Å²) in [5.74, 6) is 0.316. The average molecular weight is 377 g/mol. The predicted molar refractivity (Wildman–Crippen MR) is 89.9 cm³/mol. The minimum Gasteiger partial charge on any atom is -0.250 e. The van der Waals surface area contributed by atoms with E-state index in [4.69, 9.17) is 12.2 Å². The zero-order chi connectivity index (χ0) is 15.5. The first-order valence-electron chi connectivity index (χ1n) is 6.37. The zero-order valence-corrected chi connectivity index (χ0v) is 13.6. The molecule has 110 valence electrons. The predicted octanol–water partition coefficient (Wildman–Crippen LogP) is 4.39. The second-order valence-electron chi connectivity index (χ2n) is 4.47. The highest BCUT2D eigenvalue weighted by molar-refractivity contribution is 9.10. The molecule has 22 heavy (non-hydrogen) atoms. The van der Waals surface area contributed by atoms with Gasteiger partial charge in [-0.3, -0.25) is 0 Å². The van der Waals surface area contributed by atoms with Crippen LogP contribution in [0.25, 0.3) is 11.4 Å². The maximum absolute atomic E-state index is 12.9. The van der Waals surface area contributed by atoms with Gasteiger partial charge in [0.2, 0.25) is 4.77 Å². The van der Waals surface area contributed by atoms with Crippen LogP contribution in [0.5, 0.6) is 0 Å². The number of nitrogens with one attached hydrogen (secondary N) is 1. The van der Waals surface area contributed by atoms with Crippen LogP contribution < -0.4 is 0 Å². The van der Waals surface area contributed by atoms with Crippen LogP contribution in [-0.4, -0.2) is 21.1 Å². The molecule has 0 bridgehead atoms. The van der Waals surface area contributed by atoms with Crippen LogP contribution in [0, 0.1) is 10.6 Å². The van der Waals surface area contributed by atoms with Gasteiger partial charge in [-0.25, -0.2) is 9.49 Å². The van der Waals surface area contributed by atoms with Crippen molar-refractivity contribution >= 4 is 34.4 Å². The van der Waals surface area contributed by atoms with Crippen molar-refractivity contribution in [3.05, 3.63) is 69.2 Å². The first-order chi connectivity index (χ1) is 10.6. The van der Waals surface area contributed by atoms with E-state index in [1.807, 2.05) is 24.3 Å². The van der Waals surface area contributed by atoms with Gasteiger partial charge >= 0.3 is 0 Å². The fourth-order valence-electron chi connectivity index (χ4n) is 1.89. The number of hydrogen-bond donors (Lipinski definition) is 1. The average Bonchev–Trinajstić information content (AvgIpc) is 2.88. The van der Waals surface area contributed by atoms with Crippen molar-refractivity contribution in [2.75, 3.05) is 0 Å². The molecule has 3 rings (SSSR count). The molecule has 0 aliphatic carbocycles. The van der Waals surface area contributed by atoms with E-state index in [9.17, 15) is 4.39 Å². The molecule has 0 atom stereocenters. The molecule has 0 saturated heterocycles. The molecule has 1 N–H and O–H groups in total. The van der Waals surface area contributed by atoms with Gasteiger partial charge in [0.25, 0.3) is 0 Å². The lowest BCUT2D eigenvalue weighted by Crippen LogP contribution is -1.95. The maximum Gasteiger partial charge on any atom is 0.216 e. The van der Waals surface area contributed by atoms with Gasteiger partial charge in [-0.05, 0) is 42.0 Å². The largest absolute Gasteiger partial charge is 0.250 e. The summed E-state index contributed by atoms with van der Waals surface area (Å²) in [6.07, 6.45) is 1.60. The summed E-state index contributed by atoms with van der Waals surface area (Å²) in [7, 11) is 0. The van der Waals surface area contributed by atoms with E-state index in [1.54, 1.807) is 18.3 Å². The second-order valence-corrected chi connectivity index (χ2v) is 5.77. The SMILES string of the molecule is Fc1ccc(/C=N\n2c(-c3cccc(Br)c3)n[nH]c2=S)cc1. The molecule has 0 fully saturated rings. The number of halogens is 2. The number of H-pyrrole nitrogens is 1. The van der Waals surface area contributed by atoms with E-state index in [0.717, 1.165) is 15.6 Å². The Balaban J connectivity index is 1.99. The molecule has 7 heteroatoms. The smallest absolute Gasteiger partial charge is 0.216 e. The molecule has 1 heterocycles. The van der Waals surface area contributed by atoms with Gasteiger partial charge in [-0.15, -0.1) is 0 Å². The third-order valence-electron chi connectivity index (χ3n) is 2.93. The van der Waals surface area contributed by atoms with Crippen molar-refractivity contribution in [3.63, 3.8) is 0 Å². The van der Waals surface area contributed by atoms with Crippen molar-refractivity contribution in [1.82, 2.24) is 14.9 Å². The summed E-state index contributed by atoms with van der Waals surface area (Å²) in [5, 5.41) is 11.3. The normalized spacial score (nSPS) is 11.2. The quantitative estimate of drug-likeness (QED) is 0.544. The van der Waals surface area contributed by atoms with Gasteiger partial charge in [-0.1, -0.05) is 40.2 Å². The molecular weight excluding hydrogens is 367 g/mol. The zero-order valence-electron chi connectivity index (χ0n) is 11.2. The van der Waals surface area contributed by atoms with Crippen LogP contribution in [-0.2, 0) is 0 Å². The Morgan fingerprint density at radius 1 is 1.23 bits per heavy atom. The lowest BCUT2D eigenvalue weighted by Gasteiger charge is -2.01. The van der Waals surface area contributed by atoms with Crippen LogP contribution in [0.3, 0.4) is 0 Å². The van der Waals surface area contributed by atoms with Gasteiger partial charge in [-0.2, -0.15) is 14.9 Å². The van der Waals surface area contributed by atoms with Gasteiger partial charge in [0.05, 0.1) is 6.21 Å². The minimum atomic E-state index is -0.285. The first-order valence-corrected chi connectivity index (χ1v) is 7.57. The molecule has 2 aromatic carbocycles. The lowest BCUT2D eigenvalue weighted by atomic mass is 10.2. The molecular formula is C15H10BrFN4S. The summed E-state index contributed by atoms with van der Waals surface area (Å²) in [4.78, 5) is 0. The van der Waals surface area contributed by atoms with Crippen LogP contribution in [0.4, 0.5) is 4.39 Å². The summed E-state index contributed by atoms with van der Waals surface area (Å²) in [5.41, 5.74) is 1.64. The first kappa shape index (κ1) is 14.8. The monoisotopic (exact) mass is 376 g/mol. The van der Waals surface area contributed by atoms with Crippen molar-refractivity contribution in [3.8, 4) is 11.4 Å². The molecule has 0 aliphatic rings. The van der Waals surface area contributed by atoms with E-state index in [1.165, 1.54) is 16.8 Å². The van der Waals surface area contributed by atoms with Crippen LogP contribution in [0.1, 0.15) is 5.56 Å². The third kappa shape index (κ3) is 3.20. The number of rotatable bonds is 3. The Morgan fingerprint density at radius 2 is 2.00 bits per heavy atom. The molecule has 4 nitrogen and oxygen atoms in total. The Hall–Kier alpha value is -2.12. The van der Waals surface area contributed by atoms with E-state index in [0.29, 0.717) is 10.6 Å². The topological polar surface area (TPSA) is 46.0 Å². The van der Waals surface area contributed by atoms with Crippen molar-refractivity contribution in [1.29, 1.82) is 0 Å². The maximum atomic E-state index is 12.9. The van der Waals surface area contributed by atoms with Gasteiger partial charge < -0.3 is 0 Å². The summed E-state index contributed by atoms with van der Waals surface area (Å²) >= 11 is 8.63. The standard InChI is InChI=1S/C15H10BrFN4S/c16-12-3-1-2-11(8-12)14-19-20-15(22)21(14)18-9-10-4-6-13(17)7-5-10/h1-9H,(H,20,22)/b18-9-. The number of aromatic amines is 1. The number of nitrogens with zero attached hydrogens (tertiary/aromatic N) is 3. The molecule has 0 radical (unpaired) electrons. The summed E-state index contributed by atoms with van der Waals surface area (Å²) in [6.45, 7) is 0. The molecule has 0 unspecified atom stereocenters. The van der Waals surface area contributed by atoms with E-state index in [2.05, 4.69) is 31.2 Å². The second kappa shape index (κ2) is 6.33. The van der Waals surface area contributed by atoms with Gasteiger partial charge in [0.15, 0.2) is 5.82 Å². The van der Waals surface area contributed by atoms with Crippen molar-refractivity contribution < 1.29 is 4.39 Å². The van der Waals surface area contributed by atoms with Crippen molar-refractivity contribution in [2.45, 2.75) is 0 Å². The van der Waals surface area contributed by atoms with Gasteiger partial charge in [0, 0.05) is 10.0 Å². The Bertz CT molecular complexity index is 883. The van der Waals surface area contributed by atoms with E-state index in [-0.39, 0.29) is 5.82 Å². The van der Waals surface area contributed by atoms with Gasteiger partial charge in [0.1, 0.15) is 5.82 Å². The Kier molecular flexibility index (Phi) is 4.26. The molecule has 0 amide bonds. The Labute approximate surface area is 139 Å². The molecule has 3 aromatic rings. The lowest BCUT2D eigenvalue weighted by molar-refractivity contribution is 0.628. The van der Waals surface area contributed by atoms with Crippen LogP contribution in [0.2, 0.25) is 0 Å². The van der Waals surface area contributed by atoms with Crippen LogP contribution in [0.15, 0.2) is 58.1 Å². The fourth-order valence-corrected chi connectivity index (χ4v) is 2.46. The highest BCUT2D eigenvalue weighted by Gasteiger charge is 2.08. The molecule has 0 aliphatic heterocycles. The summed E-state index contributed by atoms with van der Waals surface area (Å²) < 4.78 is 15.8. The fraction of sp³-hybridized carbons (Fsp3) is 0. The number of aromatic nitrogens is 3. The molecule has 1 aromatic heterocycles.